The van der Waals surface area contributed by atoms with Crippen LogP contribution in [0.1, 0.15) is 22.0 Å². The Kier molecular flexibility index (Phi) is 2.09. The topological polar surface area (TPSA) is 53.3 Å². The smallest absolute Gasteiger partial charge is 0.255 e. The molecule has 15 heavy (non-hydrogen) atoms. The molecule has 1 amide bonds. The second-order valence-corrected chi connectivity index (χ2v) is 3.40. The molecule has 1 aliphatic heterocycles. The fourth-order valence-corrected chi connectivity index (χ4v) is 1.76. The van der Waals surface area contributed by atoms with E-state index in [1.165, 1.54) is 4.90 Å². The van der Waals surface area contributed by atoms with E-state index in [9.17, 15) is 4.79 Å². The summed E-state index contributed by atoms with van der Waals surface area (Å²) in [5.41, 5.74) is 1.31. The molecule has 0 aliphatic carbocycles. The highest BCUT2D eigenvalue weighted by Gasteiger charge is 2.34. The van der Waals surface area contributed by atoms with Crippen LogP contribution in [0.5, 0.6) is 5.75 Å². The number of nitriles is 1. The van der Waals surface area contributed by atoms with Gasteiger partial charge in [0.2, 0.25) is 0 Å². The number of methoxy groups -OCH3 is 1. The second-order valence-electron chi connectivity index (χ2n) is 3.40. The van der Waals surface area contributed by atoms with Gasteiger partial charge in [0.25, 0.3) is 5.91 Å². The molecule has 0 saturated heterocycles. The van der Waals surface area contributed by atoms with Crippen molar-refractivity contribution in [1.29, 1.82) is 5.26 Å². The Morgan fingerprint density at radius 2 is 2.27 bits per heavy atom. The normalized spacial score (nSPS) is 18.6. The summed E-state index contributed by atoms with van der Waals surface area (Å²) in [5.74, 6) is 0.552. The SMILES string of the molecule is COc1ccc2c(c1)C(C#N)N(C)C2=O. The van der Waals surface area contributed by atoms with E-state index < -0.39 is 6.04 Å². The first kappa shape index (κ1) is 9.53. The minimum Gasteiger partial charge on any atom is -0.497 e. The van der Waals surface area contributed by atoms with Gasteiger partial charge in [0.15, 0.2) is 0 Å². The summed E-state index contributed by atoms with van der Waals surface area (Å²) in [6.07, 6.45) is 0. The predicted octanol–water partition coefficient (Wildman–Crippen LogP) is 1.35. The summed E-state index contributed by atoms with van der Waals surface area (Å²) in [5, 5.41) is 8.98. The Balaban J connectivity index is 2.57. The third-order valence-electron chi connectivity index (χ3n) is 2.61. The lowest BCUT2D eigenvalue weighted by molar-refractivity contribution is 0.0800. The van der Waals surface area contributed by atoms with Crippen LogP contribution >= 0.6 is 0 Å². The molecule has 0 saturated carbocycles. The lowest BCUT2D eigenvalue weighted by atomic mass is 10.1. The van der Waals surface area contributed by atoms with E-state index in [0.717, 1.165) is 5.56 Å². The van der Waals surface area contributed by atoms with Crippen LogP contribution in [-0.2, 0) is 0 Å². The van der Waals surface area contributed by atoms with Crippen molar-refractivity contribution in [2.45, 2.75) is 6.04 Å². The van der Waals surface area contributed by atoms with Crippen molar-refractivity contribution in [2.24, 2.45) is 0 Å². The molecule has 76 valence electrons. The van der Waals surface area contributed by atoms with Gasteiger partial charge in [-0.15, -0.1) is 0 Å². The Morgan fingerprint density at radius 1 is 1.53 bits per heavy atom. The first-order valence-corrected chi connectivity index (χ1v) is 4.53. The number of hydrogen-bond donors (Lipinski definition) is 0. The molecule has 1 unspecified atom stereocenters. The first-order valence-electron chi connectivity index (χ1n) is 4.53. The molecule has 0 bridgehead atoms. The Hall–Kier alpha value is -2.02. The summed E-state index contributed by atoms with van der Waals surface area (Å²) in [6.45, 7) is 0. The number of rotatable bonds is 1. The maximum absolute atomic E-state index is 11.7. The number of ether oxygens (including phenoxy) is 1. The quantitative estimate of drug-likeness (QED) is 0.690. The molecule has 4 nitrogen and oxygen atoms in total. The van der Waals surface area contributed by atoms with Gasteiger partial charge in [-0.1, -0.05) is 0 Å². The fourth-order valence-electron chi connectivity index (χ4n) is 1.76. The molecule has 1 atom stereocenters. The van der Waals surface area contributed by atoms with E-state index in [1.807, 2.05) is 0 Å². The Morgan fingerprint density at radius 3 is 2.87 bits per heavy atom. The minimum atomic E-state index is -0.498. The highest BCUT2D eigenvalue weighted by atomic mass is 16.5. The molecule has 0 N–H and O–H groups in total. The molecule has 0 aromatic heterocycles. The van der Waals surface area contributed by atoms with Gasteiger partial charge in [0.1, 0.15) is 11.8 Å². The van der Waals surface area contributed by atoms with Gasteiger partial charge in [0.05, 0.1) is 13.2 Å². The zero-order valence-electron chi connectivity index (χ0n) is 8.52. The number of amides is 1. The van der Waals surface area contributed by atoms with Crippen LogP contribution in [0.3, 0.4) is 0 Å². The van der Waals surface area contributed by atoms with Gasteiger partial charge in [-0.05, 0) is 18.2 Å². The van der Waals surface area contributed by atoms with Crippen LogP contribution in [0.15, 0.2) is 18.2 Å². The predicted molar refractivity (Wildman–Crippen MR) is 53.4 cm³/mol. The summed E-state index contributed by atoms with van der Waals surface area (Å²) < 4.78 is 5.06. The highest BCUT2D eigenvalue weighted by molar-refractivity contribution is 5.99. The van der Waals surface area contributed by atoms with Gasteiger partial charge < -0.3 is 9.64 Å². The van der Waals surface area contributed by atoms with Crippen molar-refractivity contribution < 1.29 is 9.53 Å². The molecular formula is C11H10N2O2. The zero-order valence-corrected chi connectivity index (χ0v) is 8.52. The van der Waals surface area contributed by atoms with Crippen molar-refractivity contribution in [2.75, 3.05) is 14.2 Å². The molecule has 0 radical (unpaired) electrons. The number of fused-ring (bicyclic) bond motifs is 1. The summed E-state index contributed by atoms with van der Waals surface area (Å²) in [4.78, 5) is 13.1. The third-order valence-corrected chi connectivity index (χ3v) is 2.61. The van der Waals surface area contributed by atoms with E-state index >= 15 is 0 Å². The summed E-state index contributed by atoms with van der Waals surface area (Å²) in [6, 6.07) is 6.77. The second kappa shape index (κ2) is 3.28. The number of carbonyl (C=O) groups is 1. The van der Waals surface area contributed by atoms with E-state index in [-0.39, 0.29) is 5.91 Å². The lowest BCUT2D eigenvalue weighted by Crippen LogP contribution is -2.21. The molecule has 1 aliphatic rings. The molecule has 2 rings (SSSR count). The van der Waals surface area contributed by atoms with Crippen molar-refractivity contribution in [3.63, 3.8) is 0 Å². The molecular weight excluding hydrogens is 192 g/mol. The van der Waals surface area contributed by atoms with Crippen LogP contribution in [0, 0.1) is 11.3 Å². The number of benzene rings is 1. The monoisotopic (exact) mass is 202 g/mol. The fraction of sp³-hybridized carbons (Fsp3) is 0.273. The van der Waals surface area contributed by atoms with Crippen molar-refractivity contribution in [3.05, 3.63) is 29.3 Å². The number of nitrogens with zero attached hydrogens (tertiary/aromatic N) is 2. The van der Waals surface area contributed by atoms with E-state index in [1.54, 1.807) is 32.4 Å². The van der Waals surface area contributed by atoms with Crippen LogP contribution in [0.2, 0.25) is 0 Å². The summed E-state index contributed by atoms with van der Waals surface area (Å²) in [7, 11) is 3.19. The van der Waals surface area contributed by atoms with Gasteiger partial charge in [-0.2, -0.15) is 5.26 Å². The molecule has 0 fully saturated rings. The lowest BCUT2D eigenvalue weighted by Gasteiger charge is -2.12. The molecule has 1 aromatic carbocycles. The standard InChI is InChI=1S/C11H10N2O2/c1-13-10(6-12)9-5-7(15-2)3-4-8(9)11(13)14/h3-5,10H,1-2H3. The van der Waals surface area contributed by atoms with E-state index in [0.29, 0.717) is 11.3 Å². The Labute approximate surface area is 87.7 Å². The number of carbonyl (C=O) groups excluding carboxylic acids is 1. The van der Waals surface area contributed by atoms with Crippen LogP contribution in [0.4, 0.5) is 0 Å². The maximum atomic E-state index is 11.7. The average Bonchev–Trinajstić information content (AvgIpc) is 2.51. The zero-order chi connectivity index (χ0) is 11.0. The van der Waals surface area contributed by atoms with Crippen LogP contribution < -0.4 is 4.74 Å². The van der Waals surface area contributed by atoms with Crippen molar-refractivity contribution in [3.8, 4) is 11.8 Å². The van der Waals surface area contributed by atoms with Crippen molar-refractivity contribution in [1.82, 2.24) is 4.90 Å². The van der Waals surface area contributed by atoms with Gasteiger partial charge >= 0.3 is 0 Å². The molecule has 0 spiro atoms. The molecule has 1 aromatic rings. The van der Waals surface area contributed by atoms with Crippen LogP contribution in [-0.4, -0.2) is 25.0 Å². The highest BCUT2D eigenvalue weighted by Crippen LogP contribution is 2.33. The summed E-state index contributed by atoms with van der Waals surface area (Å²) >= 11 is 0. The Bertz CT molecular complexity index is 462. The van der Waals surface area contributed by atoms with Crippen LogP contribution in [0.25, 0.3) is 0 Å². The van der Waals surface area contributed by atoms with Gasteiger partial charge in [-0.25, -0.2) is 0 Å². The minimum absolute atomic E-state index is 0.112. The van der Waals surface area contributed by atoms with Crippen molar-refractivity contribution >= 4 is 5.91 Å². The van der Waals surface area contributed by atoms with Gasteiger partial charge in [-0.3, -0.25) is 4.79 Å². The van der Waals surface area contributed by atoms with E-state index in [4.69, 9.17) is 10.00 Å². The van der Waals surface area contributed by atoms with Gasteiger partial charge in [0, 0.05) is 18.2 Å². The third kappa shape index (κ3) is 1.24. The first-order chi connectivity index (χ1) is 7.19. The molecule has 4 heteroatoms. The maximum Gasteiger partial charge on any atom is 0.255 e. The number of hydrogen-bond acceptors (Lipinski definition) is 3. The molecule has 1 heterocycles. The average molecular weight is 202 g/mol. The van der Waals surface area contributed by atoms with E-state index in [2.05, 4.69) is 6.07 Å². The largest absolute Gasteiger partial charge is 0.497 e.